The molecule has 5 rings (SSSR count). The van der Waals surface area contributed by atoms with Gasteiger partial charge in [-0.15, -0.1) is 0 Å². The highest BCUT2D eigenvalue weighted by Crippen LogP contribution is 2.67. The van der Waals surface area contributed by atoms with Crippen LogP contribution >= 0.6 is 0 Å². The first-order valence-corrected chi connectivity index (χ1v) is 11.1. The number of aliphatic hydroxyl groups is 1. The molecule has 5 fully saturated rings. The molecule has 0 spiro atoms. The van der Waals surface area contributed by atoms with E-state index in [1.54, 1.807) is 0 Å². The molecule has 25 heavy (non-hydrogen) atoms. The Hall–Kier alpha value is -0.0800. The molecular formula is C23H38O2. The lowest BCUT2D eigenvalue weighted by atomic mass is 9.47. The second kappa shape index (κ2) is 5.47. The highest BCUT2D eigenvalue weighted by Gasteiger charge is 2.61. The van der Waals surface area contributed by atoms with Crippen LogP contribution in [0.5, 0.6) is 0 Å². The zero-order valence-electron chi connectivity index (χ0n) is 16.6. The molecule has 0 unspecified atom stereocenters. The topological polar surface area (TPSA) is 29.5 Å². The van der Waals surface area contributed by atoms with E-state index in [1.165, 1.54) is 44.9 Å². The highest BCUT2D eigenvalue weighted by molar-refractivity contribution is 5.10. The van der Waals surface area contributed by atoms with Crippen molar-refractivity contribution in [1.82, 2.24) is 0 Å². The standard InChI is InChI=1S/C23H38O2/c1-21(13-25-14-21)20-7-6-19-18-5-4-15-12-22(2,24)10-8-16(15)17(18)9-11-23(19,20)3/h15-20,24H,4-14H2,1-3H3/t15-,16+,17-,18-,19+,20-,22-,23+/m1/s1. The van der Waals surface area contributed by atoms with E-state index in [9.17, 15) is 5.11 Å². The molecule has 1 saturated heterocycles. The van der Waals surface area contributed by atoms with Gasteiger partial charge in [-0.3, -0.25) is 0 Å². The zero-order chi connectivity index (χ0) is 17.4. The lowest BCUT2D eigenvalue weighted by molar-refractivity contribution is -0.174. The fraction of sp³-hybridized carbons (Fsp3) is 1.00. The number of hydrogen-bond donors (Lipinski definition) is 1. The van der Waals surface area contributed by atoms with Crippen LogP contribution in [0.15, 0.2) is 0 Å². The van der Waals surface area contributed by atoms with Gasteiger partial charge < -0.3 is 9.84 Å². The minimum atomic E-state index is -0.381. The Balaban J connectivity index is 1.37. The number of hydrogen-bond acceptors (Lipinski definition) is 2. The van der Waals surface area contributed by atoms with Crippen LogP contribution in [0.3, 0.4) is 0 Å². The molecule has 5 aliphatic rings. The summed E-state index contributed by atoms with van der Waals surface area (Å²) in [6.45, 7) is 9.26. The molecule has 0 aromatic carbocycles. The monoisotopic (exact) mass is 346 g/mol. The van der Waals surface area contributed by atoms with E-state index in [-0.39, 0.29) is 5.60 Å². The van der Waals surface area contributed by atoms with Crippen molar-refractivity contribution in [3.05, 3.63) is 0 Å². The average molecular weight is 347 g/mol. The minimum Gasteiger partial charge on any atom is -0.390 e. The summed E-state index contributed by atoms with van der Waals surface area (Å²) in [4.78, 5) is 0. The summed E-state index contributed by atoms with van der Waals surface area (Å²) >= 11 is 0. The normalized spacial score (nSPS) is 57.1. The van der Waals surface area contributed by atoms with Gasteiger partial charge in [-0.1, -0.05) is 13.8 Å². The molecule has 0 radical (unpaired) electrons. The summed E-state index contributed by atoms with van der Waals surface area (Å²) in [7, 11) is 0. The molecule has 0 amide bonds. The summed E-state index contributed by atoms with van der Waals surface area (Å²) in [5.41, 5.74) is 0.665. The van der Waals surface area contributed by atoms with Gasteiger partial charge in [-0.05, 0) is 106 Å². The van der Waals surface area contributed by atoms with Gasteiger partial charge in [-0.2, -0.15) is 0 Å². The lowest BCUT2D eigenvalue weighted by Crippen LogP contribution is -2.55. The van der Waals surface area contributed by atoms with Crippen molar-refractivity contribution in [2.24, 2.45) is 46.3 Å². The van der Waals surface area contributed by atoms with Gasteiger partial charge in [0, 0.05) is 5.41 Å². The van der Waals surface area contributed by atoms with Gasteiger partial charge in [0.25, 0.3) is 0 Å². The van der Waals surface area contributed by atoms with E-state index in [1.807, 2.05) is 0 Å². The number of fused-ring (bicyclic) bond motifs is 5. The van der Waals surface area contributed by atoms with Gasteiger partial charge in [-0.25, -0.2) is 0 Å². The molecule has 0 aromatic rings. The van der Waals surface area contributed by atoms with Crippen LogP contribution in [-0.2, 0) is 4.74 Å². The Morgan fingerprint density at radius 2 is 1.56 bits per heavy atom. The molecule has 4 saturated carbocycles. The Bertz CT molecular complexity index is 536. The first-order valence-electron chi connectivity index (χ1n) is 11.1. The third kappa shape index (κ3) is 2.42. The van der Waals surface area contributed by atoms with Gasteiger partial charge >= 0.3 is 0 Å². The first kappa shape index (κ1) is 17.0. The fourth-order valence-corrected chi connectivity index (χ4v) is 8.85. The Kier molecular flexibility index (Phi) is 3.73. The predicted octanol–water partition coefficient (Wildman–Crippen LogP) is 5.04. The second-order valence-corrected chi connectivity index (χ2v) is 11.5. The van der Waals surface area contributed by atoms with Crippen LogP contribution < -0.4 is 0 Å². The van der Waals surface area contributed by atoms with Crippen LogP contribution in [-0.4, -0.2) is 23.9 Å². The van der Waals surface area contributed by atoms with E-state index >= 15 is 0 Å². The van der Waals surface area contributed by atoms with E-state index in [2.05, 4.69) is 20.8 Å². The van der Waals surface area contributed by atoms with E-state index in [4.69, 9.17) is 4.74 Å². The molecule has 2 heteroatoms. The van der Waals surface area contributed by atoms with Crippen LogP contribution in [0.4, 0.5) is 0 Å². The van der Waals surface area contributed by atoms with E-state index in [0.29, 0.717) is 10.8 Å². The molecule has 142 valence electrons. The molecule has 4 aliphatic carbocycles. The molecule has 1 N–H and O–H groups in total. The van der Waals surface area contributed by atoms with Crippen LogP contribution in [0, 0.1) is 46.3 Å². The van der Waals surface area contributed by atoms with Crippen molar-refractivity contribution in [2.45, 2.75) is 84.2 Å². The SMILES string of the molecule is CC1([C@H]2CC[C@H]3[C@@H]4CC[C@@H]5C[C@](C)(O)CC[C@@H]5[C@H]4CC[C@]23C)COC1. The van der Waals surface area contributed by atoms with Gasteiger partial charge in [0.15, 0.2) is 0 Å². The second-order valence-electron chi connectivity index (χ2n) is 11.5. The summed E-state index contributed by atoms with van der Waals surface area (Å²) in [5.74, 6) is 5.55. The smallest absolute Gasteiger partial charge is 0.0622 e. The van der Waals surface area contributed by atoms with Crippen molar-refractivity contribution in [3.8, 4) is 0 Å². The molecular weight excluding hydrogens is 308 g/mol. The number of ether oxygens (including phenoxy) is 1. The molecule has 2 nitrogen and oxygen atoms in total. The van der Waals surface area contributed by atoms with E-state index < -0.39 is 0 Å². The van der Waals surface area contributed by atoms with Crippen molar-refractivity contribution in [3.63, 3.8) is 0 Å². The average Bonchev–Trinajstić information content (AvgIpc) is 2.89. The van der Waals surface area contributed by atoms with Gasteiger partial charge in [0.2, 0.25) is 0 Å². The van der Waals surface area contributed by atoms with Crippen molar-refractivity contribution in [1.29, 1.82) is 0 Å². The summed E-state index contributed by atoms with van der Waals surface area (Å²) in [6.07, 6.45) is 12.1. The van der Waals surface area contributed by atoms with Crippen molar-refractivity contribution < 1.29 is 9.84 Å². The predicted molar refractivity (Wildman–Crippen MR) is 100 cm³/mol. The Labute approximate surface area is 154 Å². The minimum absolute atomic E-state index is 0.381. The van der Waals surface area contributed by atoms with Gasteiger partial charge in [0.05, 0.1) is 18.8 Å². The summed E-state index contributed by atoms with van der Waals surface area (Å²) in [5, 5.41) is 10.5. The Morgan fingerprint density at radius 3 is 2.28 bits per heavy atom. The van der Waals surface area contributed by atoms with E-state index in [0.717, 1.165) is 61.6 Å². The molecule has 8 atom stereocenters. The maximum absolute atomic E-state index is 10.5. The number of rotatable bonds is 1. The fourth-order valence-electron chi connectivity index (χ4n) is 8.85. The Morgan fingerprint density at radius 1 is 0.800 bits per heavy atom. The maximum atomic E-state index is 10.5. The molecule has 0 aromatic heterocycles. The maximum Gasteiger partial charge on any atom is 0.0622 e. The summed E-state index contributed by atoms with van der Waals surface area (Å²) in [6, 6.07) is 0. The molecule has 0 bridgehead atoms. The third-order valence-corrected chi connectivity index (χ3v) is 9.94. The highest BCUT2D eigenvalue weighted by atomic mass is 16.5. The largest absolute Gasteiger partial charge is 0.390 e. The summed E-state index contributed by atoms with van der Waals surface area (Å²) < 4.78 is 5.65. The van der Waals surface area contributed by atoms with Crippen molar-refractivity contribution >= 4 is 0 Å². The molecule has 1 aliphatic heterocycles. The molecule has 1 heterocycles. The quantitative estimate of drug-likeness (QED) is 0.720. The first-order chi connectivity index (χ1) is 11.8. The van der Waals surface area contributed by atoms with Crippen molar-refractivity contribution in [2.75, 3.05) is 13.2 Å². The van der Waals surface area contributed by atoms with Crippen LogP contribution in [0.1, 0.15) is 78.6 Å². The van der Waals surface area contributed by atoms with Crippen LogP contribution in [0.25, 0.3) is 0 Å². The van der Waals surface area contributed by atoms with Crippen LogP contribution in [0.2, 0.25) is 0 Å². The third-order valence-electron chi connectivity index (χ3n) is 9.94. The zero-order valence-corrected chi connectivity index (χ0v) is 16.6. The van der Waals surface area contributed by atoms with Gasteiger partial charge in [0.1, 0.15) is 0 Å². The lowest BCUT2D eigenvalue weighted by Gasteiger charge is -2.59.